The first-order valence-electron chi connectivity index (χ1n) is 5.44. The molecule has 96 valence electrons. The summed E-state index contributed by atoms with van der Waals surface area (Å²) in [5, 5.41) is 3.67. The maximum absolute atomic E-state index is 13.5. The van der Waals surface area contributed by atoms with Crippen molar-refractivity contribution in [1.82, 2.24) is 10.1 Å². The molecule has 2 rings (SSSR count). The minimum Gasteiger partial charge on any atom is -0.338 e. The molecule has 0 spiro atoms. The van der Waals surface area contributed by atoms with Crippen molar-refractivity contribution in [2.45, 2.75) is 26.3 Å². The normalized spacial score (nSPS) is 11.8. The van der Waals surface area contributed by atoms with E-state index >= 15 is 0 Å². The fraction of sp³-hybridized carbons (Fsp3) is 0.333. The van der Waals surface area contributed by atoms with E-state index < -0.39 is 5.92 Å². The van der Waals surface area contributed by atoms with Crippen molar-refractivity contribution in [3.05, 3.63) is 35.2 Å². The molecule has 18 heavy (non-hydrogen) atoms. The fourth-order valence-corrected chi connectivity index (χ4v) is 1.67. The summed E-state index contributed by atoms with van der Waals surface area (Å²) in [6, 6.07) is 4.61. The molecule has 0 radical (unpaired) electrons. The Balaban J connectivity index is 2.58. The van der Waals surface area contributed by atoms with Crippen LogP contribution in [0.25, 0.3) is 11.4 Å². The predicted octanol–water partition coefficient (Wildman–Crippen LogP) is 2.62. The van der Waals surface area contributed by atoms with Crippen LogP contribution < -0.4 is 5.73 Å². The summed E-state index contributed by atoms with van der Waals surface area (Å²) >= 11 is 0. The third-order valence-electron chi connectivity index (χ3n) is 2.53. The summed E-state index contributed by atoms with van der Waals surface area (Å²) in [5.74, 6) is -2.61. The number of rotatable bonds is 3. The summed E-state index contributed by atoms with van der Waals surface area (Å²) in [4.78, 5) is 3.98. The Morgan fingerprint density at radius 2 is 2.11 bits per heavy atom. The van der Waals surface area contributed by atoms with Gasteiger partial charge in [-0.05, 0) is 13.0 Å². The van der Waals surface area contributed by atoms with Crippen molar-refractivity contribution in [1.29, 1.82) is 0 Å². The van der Waals surface area contributed by atoms with Gasteiger partial charge in [0.15, 0.2) is 0 Å². The molecule has 0 aliphatic rings. The van der Waals surface area contributed by atoms with Gasteiger partial charge in [-0.3, -0.25) is 0 Å². The maximum atomic E-state index is 13.5. The zero-order valence-electron chi connectivity index (χ0n) is 10.1. The van der Waals surface area contributed by atoms with E-state index in [-0.39, 0.29) is 29.4 Å². The number of nitrogens with zero attached hydrogens (tertiary/aromatic N) is 2. The summed E-state index contributed by atoms with van der Waals surface area (Å²) in [6.07, 6.45) is 0. The Morgan fingerprint density at radius 3 is 2.67 bits per heavy atom. The van der Waals surface area contributed by atoms with Crippen LogP contribution in [0.4, 0.5) is 8.78 Å². The lowest BCUT2D eigenvalue weighted by molar-refractivity contribution is 0.0180. The van der Waals surface area contributed by atoms with Gasteiger partial charge in [-0.1, -0.05) is 22.9 Å². The Hall–Kier alpha value is -1.82. The van der Waals surface area contributed by atoms with Crippen LogP contribution >= 0.6 is 0 Å². The second-order valence-electron chi connectivity index (χ2n) is 4.15. The first kappa shape index (κ1) is 12.6. The molecule has 1 heterocycles. The monoisotopic (exact) mass is 253 g/mol. The Bertz CT molecular complexity index is 561. The molecule has 2 N–H and O–H groups in total. The number of hydrogen-bond acceptors (Lipinski definition) is 4. The standard InChI is InChI=1S/C12H13F2N3O/c1-7-3-4-9(12(2,13)14)8(5-7)11-16-10(6-15)18-17-11/h3-5H,6,15H2,1-2H3. The van der Waals surface area contributed by atoms with Crippen LogP contribution in [0, 0.1) is 6.92 Å². The van der Waals surface area contributed by atoms with Crippen LogP contribution in [-0.2, 0) is 12.5 Å². The van der Waals surface area contributed by atoms with E-state index in [1.54, 1.807) is 12.1 Å². The van der Waals surface area contributed by atoms with Gasteiger partial charge in [0.25, 0.3) is 5.92 Å². The minimum absolute atomic E-state index is 0.0800. The van der Waals surface area contributed by atoms with Crippen molar-refractivity contribution in [2.75, 3.05) is 0 Å². The van der Waals surface area contributed by atoms with Gasteiger partial charge < -0.3 is 10.3 Å². The molecular weight excluding hydrogens is 240 g/mol. The first-order chi connectivity index (χ1) is 8.41. The summed E-state index contributed by atoms with van der Waals surface area (Å²) < 4.78 is 31.9. The largest absolute Gasteiger partial charge is 0.338 e. The molecule has 0 aliphatic heterocycles. The van der Waals surface area contributed by atoms with Crippen LogP contribution in [0.1, 0.15) is 23.9 Å². The minimum atomic E-state index is -2.97. The van der Waals surface area contributed by atoms with E-state index in [0.717, 1.165) is 12.5 Å². The Labute approximate surface area is 103 Å². The second-order valence-corrected chi connectivity index (χ2v) is 4.15. The second kappa shape index (κ2) is 4.45. The number of halogens is 2. The van der Waals surface area contributed by atoms with Gasteiger partial charge in [0, 0.05) is 18.1 Å². The van der Waals surface area contributed by atoms with Crippen LogP contribution in [0.15, 0.2) is 22.7 Å². The van der Waals surface area contributed by atoms with Crippen molar-refractivity contribution in [3.8, 4) is 11.4 Å². The van der Waals surface area contributed by atoms with E-state index in [2.05, 4.69) is 10.1 Å². The topological polar surface area (TPSA) is 64.9 Å². The summed E-state index contributed by atoms with van der Waals surface area (Å²) in [5.41, 5.74) is 6.34. The molecule has 6 heteroatoms. The molecular formula is C12H13F2N3O. The van der Waals surface area contributed by atoms with E-state index in [9.17, 15) is 8.78 Å². The number of aryl methyl sites for hydroxylation is 1. The highest BCUT2D eigenvalue weighted by Gasteiger charge is 2.29. The zero-order chi connectivity index (χ0) is 13.3. The van der Waals surface area contributed by atoms with Gasteiger partial charge >= 0.3 is 0 Å². The lowest BCUT2D eigenvalue weighted by atomic mass is 9.99. The molecule has 0 atom stereocenters. The van der Waals surface area contributed by atoms with Crippen LogP contribution in [0.2, 0.25) is 0 Å². The summed E-state index contributed by atoms with van der Waals surface area (Å²) in [6.45, 7) is 2.73. The molecule has 1 aromatic heterocycles. The molecule has 0 fully saturated rings. The number of benzene rings is 1. The van der Waals surface area contributed by atoms with Gasteiger partial charge in [-0.15, -0.1) is 0 Å². The predicted molar refractivity (Wildman–Crippen MR) is 61.9 cm³/mol. The highest BCUT2D eigenvalue weighted by Crippen LogP contribution is 2.34. The number of aromatic nitrogens is 2. The lowest BCUT2D eigenvalue weighted by Gasteiger charge is -2.14. The van der Waals surface area contributed by atoms with Crippen molar-refractivity contribution < 1.29 is 13.3 Å². The average Bonchev–Trinajstić information content (AvgIpc) is 2.75. The molecule has 0 unspecified atom stereocenters. The molecule has 0 saturated carbocycles. The highest BCUT2D eigenvalue weighted by molar-refractivity contribution is 5.62. The number of nitrogens with two attached hydrogens (primary N) is 1. The highest BCUT2D eigenvalue weighted by atomic mass is 19.3. The van der Waals surface area contributed by atoms with Crippen molar-refractivity contribution in [3.63, 3.8) is 0 Å². The SMILES string of the molecule is Cc1ccc(C(C)(F)F)c(-c2noc(CN)n2)c1. The van der Waals surface area contributed by atoms with Crippen molar-refractivity contribution in [2.24, 2.45) is 5.73 Å². The van der Waals surface area contributed by atoms with E-state index in [0.29, 0.717) is 0 Å². The molecule has 0 saturated heterocycles. The molecule has 0 aliphatic carbocycles. The maximum Gasteiger partial charge on any atom is 0.271 e. The number of hydrogen-bond donors (Lipinski definition) is 1. The molecule has 2 aromatic rings. The third-order valence-corrected chi connectivity index (χ3v) is 2.53. The van der Waals surface area contributed by atoms with E-state index in [1.807, 2.05) is 6.92 Å². The first-order valence-corrected chi connectivity index (χ1v) is 5.44. The van der Waals surface area contributed by atoms with Crippen molar-refractivity contribution >= 4 is 0 Å². The smallest absolute Gasteiger partial charge is 0.271 e. The summed E-state index contributed by atoms with van der Waals surface area (Å²) in [7, 11) is 0. The zero-order valence-corrected chi connectivity index (χ0v) is 10.1. The van der Waals surface area contributed by atoms with Gasteiger partial charge in [-0.25, -0.2) is 8.78 Å². The Kier molecular flexibility index (Phi) is 3.13. The van der Waals surface area contributed by atoms with Crippen LogP contribution in [0.3, 0.4) is 0 Å². The number of alkyl halides is 2. The van der Waals surface area contributed by atoms with E-state index in [4.69, 9.17) is 10.3 Å². The molecule has 0 bridgehead atoms. The Morgan fingerprint density at radius 1 is 1.39 bits per heavy atom. The van der Waals surface area contributed by atoms with E-state index in [1.165, 1.54) is 6.07 Å². The van der Waals surface area contributed by atoms with Gasteiger partial charge in [-0.2, -0.15) is 4.98 Å². The van der Waals surface area contributed by atoms with Crippen LogP contribution in [0.5, 0.6) is 0 Å². The third kappa shape index (κ3) is 2.38. The molecule has 0 amide bonds. The van der Waals surface area contributed by atoms with Gasteiger partial charge in [0.05, 0.1) is 6.54 Å². The average molecular weight is 253 g/mol. The van der Waals surface area contributed by atoms with Crippen LogP contribution in [-0.4, -0.2) is 10.1 Å². The van der Waals surface area contributed by atoms with Gasteiger partial charge in [0.2, 0.25) is 11.7 Å². The molecule has 4 nitrogen and oxygen atoms in total. The fourth-order valence-electron chi connectivity index (χ4n) is 1.67. The molecule has 1 aromatic carbocycles. The quantitative estimate of drug-likeness (QED) is 0.913. The van der Waals surface area contributed by atoms with Gasteiger partial charge in [0.1, 0.15) is 0 Å². The lowest BCUT2D eigenvalue weighted by Crippen LogP contribution is -2.09.